The summed E-state index contributed by atoms with van der Waals surface area (Å²) in [4.78, 5) is 4.42. The van der Waals surface area contributed by atoms with E-state index < -0.39 is 6.10 Å². The van der Waals surface area contributed by atoms with E-state index in [4.69, 9.17) is 21.1 Å². The molecule has 1 atom stereocenters. The second-order valence-electron chi connectivity index (χ2n) is 4.93. The average molecular weight is 319 g/mol. The molecule has 5 nitrogen and oxygen atoms in total. The molecular weight excluding hydrogens is 304 g/mol. The number of nitrogens with zero attached hydrogens (tertiary/aromatic N) is 1. The first-order valence-electron chi connectivity index (χ1n) is 6.85. The number of rotatable bonds is 5. The number of benzene rings is 2. The Morgan fingerprint density at radius 3 is 2.68 bits per heavy atom. The lowest BCUT2D eigenvalue weighted by atomic mass is 10.2. The first-order chi connectivity index (χ1) is 10.7. The van der Waals surface area contributed by atoms with E-state index in [-0.39, 0.29) is 13.2 Å². The Kier molecular flexibility index (Phi) is 4.29. The van der Waals surface area contributed by atoms with Gasteiger partial charge in [0.2, 0.25) is 5.89 Å². The minimum atomic E-state index is -0.776. The predicted octanol–water partition coefficient (Wildman–Crippen LogP) is 2.91. The van der Waals surface area contributed by atoms with E-state index in [1.807, 2.05) is 24.3 Å². The Hall–Kier alpha value is -2.08. The molecule has 0 fully saturated rings. The van der Waals surface area contributed by atoms with Gasteiger partial charge < -0.3 is 19.9 Å². The number of hydrogen-bond acceptors (Lipinski definition) is 5. The van der Waals surface area contributed by atoms with Gasteiger partial charge in [0, 0.05) is 22.8 Å². The van der Waals surface area contributed by atoms with Gasteiger partial charge in [-0.25, -0.2) is 4.98 Å². The number of halogens is 1. The average Bonchev–Trinajstić information content (AvgIpc) is 2.96. The molecule has 1 aromatic heterocycles. The van der Waals surface area contributed by atoms with Crippen LogP contribution in [0.2, 0.25) is 5.02 Å². The summed E-state index contributed by atoms with van der Waals surface area (Å²) in [6, 6.07) is 12.8. The number of fused-ring (bicyclic) bond motifs is 1. The van der Waals surface area contributed by atoms with Crippen molar-refractivity contribution in [2.75, 3.05) is 18.5 Å². The van der Waals surface area contributed by atoms with Crippen LogP contribution in [-0.4, -0.2) is 34.5 Å². The van der Waals surface area contributed by atoms with Crippen molar-refractivity contribution in [3.63, 3.8) is 0 Å². The van der Waals surface area contributed by atoms with Crippen LogP contribution in [0.25, 0.3) is 22.6 Å². The van der Waals surface area contributed by atoms with Crippen LogP contribution < -0.4 is 5.32 Å². The third-order valence-electron chi connectivity index (χ3n) is 3.23. The summed E-state index contributed by atoms with van der Waals surface area (Å²) in [5.41, 5.74) is 3.10. The molecule has 3 rings (SSSR count). The number of nitrogens with one attached hydrogen (secondary N) is 1. The first kappa shape index (κ1) is 14.8. The van der Waals surface area contributed by atoms with Crippen LogP contribution in [0.4, 0.5) is 5.69 Å². The van der Waals surface area contributed by atoms with Crippen molar-refractivity contribution in [1.29, 1.82) is 0 Å². The first-order valence-corrected chi connectivity index (χ1v) is 7.23. The van der Waals surface area contributed by atoms with Crippen LogP contribution in [-0.2, 0) is 0 Å². The van der Waals surface area contributed by atoms with Gasteiger partial charge in [0.25, 0.3) is 0 Å². The molecule has 0 aliphatic rings. The molecular formula is C16H15ClN2O3. The van der Waals surface area contributed by atoms with Crippen molar-refractivity contribution in [2.24, 2.45) is 0 Å². The third kappa shape index (κ3) is 3.22. The van der Waals surface area contributed by atoms with E-state index in [0.717, 1.165) is 16.8 Å². The van der Waals surface area contributed by atoms with E-state index in [9.17, 15) is 5.11 Å². The summed E-state index contributed by atoms with van der Waals surface area (Å²) in [5.74, 6) is 0.527. The van der Waals surface area contributed by atoms with E-state index in [1.165, 1.54) is 0 Å². The maximum atomic E-state index is 9.31. The molecule has 114 valence electrons. The number of aliphatic hydroxyl groups excluding tert-OH is 2. The topological polar surface area (TPSA) is 78.5 Å². The third-order valence-corrected chi connectivity index (χ3v) is 3.47. The molecule has 0 amide bonds. The van der Waals surface area contributed by atoms with Gasteiger partial charge in [-0.3, -0.25) is 0 Å². The van der Waals surface area contributed by atoms with E-state index in [1.54, 1.807) is 18.2 Å². The highest BCUT2D eigenvalue weighted by atomic mass is 35.5. The van der Waals surface area contributed by atoms with Crippen LogP contribution in [0.15, 0.2) is 46.9 Å². The summed E-state index contributed by atoms with van der Waals surface area (Å²) in [7, 11) is 0. The maximum absolute atomic E-state index is 9.31. The lowest BCUT2D eigenvalue weighted by Gasteiger charge is -2.10. The molecule has 0 aliphatic carbocycles. The summed E-state index contributed by atoms with van der Waals surface area (Å²) >= 11 is 5.94. The van der Waals surface area contributed by atoms with Crippen LogP contribution in [0, 0.1) is 0 Å². The summed E-state index contributed by atoms with van der Waals surface area (Å²) in [5, 5.41) is 21.7. The minimum absolute atomic E-state index is 0.267. The molecule has 3 N–H and O–H groups in total. The molecule has 22 heavy (non-hydrogen) atoms. The van der Waals surface area contributed by atoms with E-state index in [2.05, 4.69) is 10.3 Å². The van der Waals surface area contributed by atoms with E-state index in [0.29, 0.717) is 16.5 Å². The van der Waals surface area contributed by atoms with Crippen molar-refractivity contribution in [1.82, 2.24) is 4.98 Å². The molecule has 0 bridgehead atoms. The highest BCUT2D eigenvalue weighted by Gasteiger charge is 2.09. The molecule has 1 unspecified atom stereocenters. The Morgan fingerprint density at radius 2 is 1.95 bits per heavy atom. The fourth-order valence-electron chi connectivity index (χ4n) is 2.05. The van der Waals surface area contributed by atoms with Gasteiger partial charge in [-0.05, 0) is 42.5 Å². The van der Waals surface area contributed by atoms with Gasteiger partial charge in [0.1, 0.15) is 5.52 Å². The van der Waals surface area contributed by atoms with Gasteiger partial charge in [-0.1, -0.05) is 11.6 Å². The standard InChI is InChI=1S/C16H15ClN2O3/c17-11-3-6-15-14(7-11)19-16(22-15)10-1-4-12(5-2-10)18-8-13(21)9-20/h1-7,13,18,20-21H,8-9H2. The van der Waals surface area contributed by atoms with Crippen molar-refractivity contribution in [3.05, 3.63) is 47.5 Å². The zero-order valence-electron chi connectivity index (χ0n) is 11.7. The number of aromatic nitrogens is 1. The quantitative estimate of drug-likeness (QED) is 0.674. The predicted molar refractivity (Wildman–Crippen MR) is 86.0 cm³/mol. The largest absolute Gasteiger partial charge is 0.436 e. The summed E-state index contributed by atoms with van der Waals surface area (Å²) < 4.78 is 5.70. The van der Waals surface area contributed by atoms with Crippen LogP contribution in [0.1, 0.15) is 0 Å². The van der Waals surface area contributed by atoms with Gasteiger partial charge >= 0.3 is 0 Å². The van der Waals surface area contributed by atoms with Crippen molar-refractivity contribution >= 4 is 28.4 Å². The second-order valence-corrected chi connectivity index (χ2v) is 5.36. The maximum Gasteiger partial charge on any atom is 0.227 e. The number of oxazole rings is 1. The Morgan fingerprint density at radius 1 is 1.18 bits per heavy atom. The molecule has 3 aromatic rings. The molecule has 0 spiro atoms. The normalized spacial score (nSPS) is 12.5. The smallest absolute Gasteiger partial charge is 0.227 e. The molecule has 6 heteroatoms. The lowest BCUT2D eigenvalue weighted by molar-refractivity contribution is 0.105. The number of anilines is 1. The minimum Gasteiger partial charge on any atom is -0.436 e. The summed E-state index contributed by atoms with van der Waals surface area (Å²) in [6.07, 6.45) is -0.776. The van der Waals surface area contributed by atoms with Crippen LogP contribution in [0.5, 0.6) is 0 Å². The number of aliphatic hydroxyl groups is 2. The Balaban J connectivity index is 1.79. The van der Waals surface area contributed by atoms with Gasteiger partial charge in [-0.15, -0.1) is 0 Å². The molecule has 2 aromatic carbocycles. The Bertz CT molecular complexity index is 771. The molecule has 1 heterocycles. The summed E-state index contributed by atoms with van der Waals surface area (Å²) in [6.45, 7) is 0.0216. The van der Waals surface area contributed by atoms with E-state index >= 15 is 0 Å². The highest BCUT2D eigenvalue weighted by molar-refractivity contribution is 6.31. The lowest BCUT2D eigenvalue weighted by Crippen LogP contribution is -2.22. The molecule has 0 aliphatic heterocycles. The molecule has 0 saturated heterocycles. The molecule has 0 radical (unpaired) electrons. The Labute approximate surface area is 132 Å². The zero-order chi connectivity index (χ0) is 15.5. The van der Waals surface area contributed by atoms with Crippen molar-refractivity contribution in [3.8, 4) is 11.5 Å². The van der Waals surface area contributed by atoms with Crippen molar-refractivity contribution in [2.45, 2.75) is 6.10 Å². The van der Waals surface area contributed by atoms with Crippen molar-refractivity contribution < 1.29 is 14.6 Å². The van der Waals surface area contributed by atoms with Gasteiger partial charge in [0.05, 0.1) is 12.7 Å². The van der Waals surface area contributed by atoms with Crippen LogP contribution >= 0.6 is 11.6 Å². The van der Waals surface area contributed by atoms with Gasteiger partial charge in [0.15, 0.2) is 5.58 Å². The molecule has 0 saturated carbocycles. The number of hydrogen-bond donors (Lipinski definition) is 3. The second kappa shape index (κ2) is 6.36. The zero-order valence-corrected chi connectivity index (χ0v) is 12.4. The fourth-order valence-corrected chi connectivity index (χ4v) is 2.22. The SMILES string of the molecule is OCC(O)CNc1ccc(-c2nc3cc(Cl)ccc3o2)cc1. The van der Waals surface area contributed by atoms with Gasteiger partial charge in [-0.2, -0.15) is 0 Å². The fraction of sp³-hybridized carbons (Fsp3) is 0.188. The monoisotopic (exact) mass is 318 g/mol. The van der Waals surface area contributed by atoms with Crippen LogP contribution in [0.3, 0.4) is 0 Å². The highest BCUT2D eigenvalue weighted by Crippen LogP contribution is 2.26.